The number of ether oxygens (including phenoxy) is 2. The van der Waals surface area contributed by atoms with Crippen LogP contribution in [-0.4, -0.2) is 56.0 Å². The largest absolute Gasteiger partial charge is 0.378 e. The Labute approximate surface area is 128 Å². The second-order valence-electron chi connectivity index (χ2n) is 6.96. The molecule has 5 nitrogen and oxygen atoms in total. The molecule has 0 aromatic heterocycles. The van der Waals surface area contributed by atoms with Gasteiger partial charge in [-0.1, -0.05) is 6.42 Å². The molecule has 1 heterocycles. The highest BCUT2D eigenvalue weighted by molar-refractivity contribution is 7.90. The van der Waals surface area contributed by atoms with E-state index in [1.165, 1.54) is 0 Å². The zero-order valence-electron chi connectivity index (χ0n) is 13.1. The highest BCUT2D eigenvalue weighted by atomic mass is 32.2. The van der Waals surface area contributed by atoms with Crippen LogP contribution in [-0.2, 0) is 19.5 Å². The average molecular weight is 317 g/mol. The lowest BCUT2D eigenvalue weighted by atomic mass is 9.90. The molecule has 21 heavy (non-hydrogen) atoms. The van der Waals surface area contributed by atoms with Crippen LogP contribution in [0.2, 0.25) is 0 Å². The van der Waals surface area contributed by atoms with Gasteiger partial charge < -0.3 is 9.47 Å². The van der Waals surface area contributed by atoms with Crippen LogP contribution < -0.4 is 0 Å². The average Bonchev–Trinajstić information content (AvgIpc) is 3.22. The van der Waals surface area contributed by atoms with Crippen LogP contribution in [0.15, 0.2) is 0 Å². The molecule has 0 unspecified atom stereocenters. The summed E-state index contributed by atoms with van der Waals surface area (Å²) in [7, 11) is -3.09. The maximum atomic E-state index is 12.5. The molecule has 0 aromatic rings. The number of morpholine rings is 1. The first-order valence-corrected chi connectivity index (χ1v) is 9.69. The smallest absolute Gasteiger partial charge is 0.217 e. The number of sulfonamides is 1. The van der Waals surface area contributed by atoms with Gasteiger partial charge in [-0.15, -0.1) is 0 Å². The fourth-order valence-corrected chi connectivity index (χ4v) is 5.51. The molecule has 0 radical (unpaired) electrons. The van der Waals surface area contributed by atoms with E-state index >= 15 is 0 Å². The van der Waals surface area contributed by atoms with Gasteiger partial charge in [0.2, 0.25) is 10.0 Å². The van der Waals surface area contributed by atoms with Gasteiger partial charge in [-0.25, -0.2) is 8.42 Å². The number of nitrogens with zero attached hydrogens (tertiary/aromatic N) is 1. The summed E-state index contributed by atoms with van der Waals surface area (Å²) >= 11 is 0. The van der Waals surface area contributed by atoms with Crippen molar-refractivity contribution in [3.05, 3.63) is 0 Å². The van der Waals surface area contributed by atoms with E-state index in [-0.39, 0.29) is 17.0 Å². The van der Waals surface area contributed by atoms with Gasteiger partial charge in [0.15, 0.2) is 0 Å². The van der Waals surface area contributed by atoms with E-state index < -0.39 is 10.0 Å². The van der Waals surface area contributed by atoms with Gasteiger partial charge in [0.05, 0.1) is 30.2 Å². The van der Waals surface area contributed by atoms with E-state index in [1.54, 1.807) is 4.31 Å². The van der Waals surface area contributed by atoms with Crippen LogP contribution in [0, 0.1) is 5.92 Å². The Morgan fingerprint density at radius 2 is 2.10 bits per heavy atom. The molecule has 3 fully saturated rings. The van der Waals surface area contributed by atoms with Crippen molar-refractivity contribution in [3.63, 3.8) is 0 Å². The molecule has 1 aliphatic heterocycles. The molecule has 1 saturated heterocycles. The minimum atomic E-state index is -3.09. The molecule has 1 spiro atoms. The molecule has 2 atom stereocenters. The van der Waals surface area contributed by atoms with Crippen molar-refractivity contribution in [3.8, 4) is 0 Å². The number of hydrogen-bond donors (Lipinski definition) is 0. The number of hydrogen-bond acceptors (Lipinski definition) is 4. The maximum Gasteiger partial charge on any atom is 0.217 e. The van der Waals surface area contributed by atoms with Crippen molar-refractivity contribution in [1.29, 1.82) is 0 Å². The Bertz CT molecular complexity index is 474. The number of rotatable bonds is 5. The molecule has 3 rings (SSSR count). The molecule has 0 N–H and O–H groups in total. The van der Waals surface area contributed by atoms with Crippen molar-refractivity contribution in [2.45, 2.75) is 62.9 Å². The second kappa shape index (κ2) is 5.80. The highest BCUT2D eigenvalue weighted by Gasteiger charge is 2.51. The lowest BCUT2D eigenvalue weighted by Gasteiger charge is -2.43. The van der Waals surface area contributed by atoms with Gasteiger partial charge in [-0.2, -0.15) is 4.31 Å². The summed E-state index contributed by atoms with van der Waals surface area (Å²) in [4.78, 5) is 0. The minimum Gasteiger partial charge on any atom is -0.378 e. The first-order chi connectivity index (χ1) is 9.94. The monoisotopic (exact) mass is 317 g/mol. The topological polar surface area (TPSA) is 55.8 Å². The van der Waals surface area contributed by atoms with E-state index in [0.29, 0.717) is 32.2 Å². The van der Waals surface area contributed by atoms with Crippen LogP contribution in [0.3, 0.4) is 0 Å². The summed E-state index contributed by atoms with van der Waals surface area (Å²) < 4.78 is 38.6. The predicted molar refractivity (Wildman–Crippen MR) is 80.6 cm³/mol. The molecule has 2 saturated carbocycles. The lowest BCUT2D eigenvalue weighted by molar-refractivity contribution is -0.129. The van der Waals surface area contributed by atoms with Crippen LogP contribution in [0.25, 0.3) is 0 Å². The van der Waals surface area contributed by atoms with E-state index in [9.17, 15) is 8.42 Å². The molecule has 0 bridgehead atoms. The molecule has 2 aliphatic carbocycles. The molecule has 0 aromatic carbocycles. The van der Waals surface area contributed by atoms with Crippen LogP contribution in [0.4, 0.5) is 0 Å². The maximum absolute atomic E-state index is 12.5. The first-order valence-electron chi connectivity index (χ1n) is 8.18. The Morgan fingerprint density at radius 1 is 1.33 bits per heavy atom. The third-order valence-electron chi connectivity index (χ3n) is 5.01. The predicted octanol–water partition coefficient (Wildman–Crippen LogP) is 1.77. The zero-order valence-corrected chi connectivity index (χ0v) is 13.9. The van der Waals surface area contributed by atoms with Gasteiger partial charge in [0.1, 0.15) is 0 Å². The van der Waals surface area contributed by atoms with Crippen molar-refractivity contribution in [1.82, 2.24) is 4.31 Å². The van der Waals surface area contributed by atoms with Crippen molar-refractivity contribution < 1.29 is 17.9 Å². The zero-order chi connectivity index (χ0) is 15.1. The summed E-state index contributed by atoms with van der Waals surface area (Å²) in [5.41, 5.74) is -0.310. The van der Waals surface area contributed by atoms with Gasteiger partial charge in [-0.3, -0.25) is 0 Å². The highest BCUT2D eigenvalue weighted by Crippen LogP contribution is 2.43. The summed E-state index contributed by atoms with van der Waals surface area (Å²) in [6.07, 6.45) is 4.99. The van der Waals surface area contributed by atoms with E-state index in [4.69, 9.17) is 9.47 Å². The Morgan fingerprint density at radius 3 is 2.76 bits per heavy atom. The standard InChI is InChI=1S/C15H27NO4S/c1-12(2)19-10-13-4-3-7-15(13)11-16(8-9-20-15)21(17,18)14-5-6-14/h12-14H,3-11H2,1-2H3/t13-,15+/m1/s1. The van der Waals surface area contributed by atoms with E-state index in [2.05, 4.69) is 0 Å². The Balaban J connectivity index is 1.71. The Hall–Kier alpha value is -0.170. The van der Waals surface area contributed by atoms with Crippen LogP contribution in [0.1, 0.15) is 46.0 Å². The molecule has 6 heteroatoms. The van der Waals surface area contributed by atoms with Gasteiger partial charge >= 0.3 is 0 Å². The fourth-order valence-electron chi connectivity index (χ4n) is 3.62. The summed E-state index contributed by atoms with van der Waals surface area (Å²) in [5, 5.41) is -0.126. The van der Waals surface area contributed by atoms with Crippen LogP contribution >= 0.6 is 0 Å². The van der Waals surface area contributed by atoms with Gasteiger partial charge in [0.25, 0.3) is 0 Å². The lowest BCUT2D eigenvalue weighted by Crippen LogP contribution is -2.56. The second-order valence-corrected chi connectivity index (χ2v) is 9.18. The normalized spacial score (nSPS) is 34.9. The Kier molecular flexibility index (Phi) is 4.34. The summed E-state index contributed by atoms with van der Waals surface area (Å²) in [6, 6.07) is 0. The quantitative estimate of drug-likeness (QED) is 0.775. The first kappa shape index (κ1) is 15.7. The van der Waals surface area contributed by atoms with Crippen molar-refractivity contribution >= 4 is 10.0 Å². The third-order valence-corrected chi connectivity index (χ3v) is 7.35. The summed E-state index contributed by atoms with van der Waals surface area (Å²) in [5.74, 6) is 0.317. The minimum absolute atomic E-state index is 0.126. The molecular formula is C15H27NO4S. The van der Waals surface area contributed by atoms with Crippen LogP contribution in [0.5, 0.6) is 0 Å². The van der Waals surface area contributed by atoms with Crippen molar-refractivity contribution in [2.75, 3.05) is 26.3 Å². The molecule has 3 aliphatic rings. The molecule has 0 amide bonds. The van der Waals surface area contributed by atoms with Crippen molar-refractivity contribution in [2.24, 2.45) is 5.92 Å². The summed E-state index contributed by atoms with van der Waals surface area (Å²) in [6.45, 7) is 6.30. The third kappa shape index (κ3) is 3.14. The molecule has 122 valence electrons. The van der Waals surface area contributed by atoms with Gasteiger partial charge in [-0.05, 0) is 39.5 Å². The van der Waals surface area contributed by atoms with Gasteiger partial charge in [0, 0.05) is 19.0 Å². The van der Waals surface area contributed by atoms with E-state index in [0.717, 1.165) is 32.1 Å². The fraction of sp³-hybridized carbons (Fsp3) is 1.00. The molecular weight excluding hydrogens is 290 g/mol. The SMILES string of the molecule is CC(C)OC[C@H]1CCC[C@]12CN(S(=O)(=O)C1CC1)CCO2. The van der Waals surface area contributed by atoms with E-state index in [1.807, 2.05) is 13.8 Å².